The van der Waals surface area contributed by atoms with E-state index in [0.29, 0.717) is 5.56 Å². The van der Waals surface area contributed by atoms with Crippen LogP contribution in [0.5, 0.6) is 0 Å². The zero-order valence-electron chi connectivity index (χ0n) is 12.4. The van der Waals surface area contributed by atoms with Crippen molar-refractivity contribution in [1.82, 2.24) is 15.6 Å². The number of rotatable bonds is 4. The second-order valence-corrected chi connectivity index (χ2v) is 5.03. The molecule has 0 aliphatic carbocycles. The average Bonchev–Trinajstić information content (AvgIpc) is 2.53. The molecule has 2 aromatic rings. The number of hydrogen-bond acceptors (Lipinski definition) is 2. The summed E-state index contributed by atoms with van der Waals surface area (Å²) in [5.41, 5.74) is 0.477. The van der Waals surface area contributed by atoms with E-state index in [1.807, 2.05) is 6.07 Å². The van der Waals surface area contributed by atoms with E-state index < -0.39 is 23.8 Å². The van der Waals surface area contributed by atoms with Gasteiger partial charge in [0.25, 0.3) is 0 Å². The summed E-state index contributed by atoms with van der Waals surface area (Å²) >= 11 is 0. The number of benzene rings is 1. The maximum Gasteiger partial charge on any atom is 0.416 e. The molecule has 0 saturated carbocycles. The number of carbonyl (C=O) groups is 1. The first kappa shape index (κ1) is 16.8. The van der Waals surface area contributed by atoms with E-state index in [-0.39, 0.29) is 6.54 Å². The summed E-state index contributed by atoms with van der Waals surface area (Å²) in [6, 6.07) is 7.45. The fourth-order valence-corrected chi connectivity index (χ4v) is 2.00. The SMILES string of the molecule is CC(NC(=O)NCc1cccnc1)c1cccc(C(F)(F)F)c1. The number of amides is 2. The number of halogens is 3. The predicted molar refractivity (Wildman–Crippen MR) is 79.5 cm³/mol. The molecule has 0 fully saturated rings. The normalized spacial score (nSPS) is 12.5. The molecule has 0 spiro atoms. The van der Waals surface area contributed by atoms with Crippen molar-refractivity contribution < 1.29 is 18.0 Å². The van der Waals surface area contributed by atoms with Gasteiger partial charge in [-0.25, -0.2) is 4.79 Å². The molecular formula is C16H16F3N3O. The quantitative estimate of drug-likeness (QED) is 0.902. The van der Waals surface area contributed by atoms with Gasteiger partial charge < -0.3 is 10.6 Å². The minimum Gasteiger partial charge on any atom is -0.334 e. The number of aromatic nitrogens is 1. The molecule has 0 aliphatic heterocycles. The van der Waals surface area contributed by atoms with Gasteiger partial charge in [0.2, 0.25) is 0 Å². The van der Waals surface area contributed by atoms with Gasteiger partial charge in [0, 0.05) is 18.9 Å². The molecule has 0 bridgehead atoms. The van der Waals surface area contributed by atoms with E-state index in [1.54, 1.807) is 31.5 Å². The second kappa shape index (κ2) is 7.13. The maximum atomic E-state index is 12.7. The Morgan fingerprint density at radius 2 is 2.04 bits per heavy atom. The fourth-order valence-electron chi connectivity index (χ4n) is 2.00. The van der Waals surface area contributed by atoms with Crippen LogP contribution in [0.1, 0.15) is 29.7 Å². The van der Waals surface area contributed by atoms with Crippen molar-refractivity contribution in [2.75, 3.05) is 0 Å². The maximum absolute atomic E-state index is 12.7. The third kappa shape index (κ3) is 4.98. The Balaban J connectivity index is 1.93. The van der Waals surface area contributed by atoms with E-state index in [2.05, 4.69) is 15.6 Å². The Morgan fingerprint density at radius 1 is 1.26 bits per heavy atom. The Kier molecular flexibility index (Phi) is 5.20. The largest absolute Gasteiger partial charge is 0.416 e. The molecule has 0 aliphatic rings. The van der Waals surface area contributed by atoms with Crippen LogP contribution in [0.25, 0.3) is 0 Å². The van der Waals surface area contributed by atoms with Crippen molar-refractivity contribution >= 4 is 6.03 Å². The van der Waals surface area contributed by atoms with Crippen molar-refractivity contribution in [3.8, 4) is 0 Å². The van der Waals surface area contributed by atoms with Crippen molar-refractivity contribution in [1.29, 1.82) is 0 Å². The number of hydrogen-bond donors (Lipinski definition) is 2. The van der Waals surface area contributed by atoms with Crippen LogP contribution in [0, 0.1) is 0 Å². The van der Waals surface area contributed by atoms with E-state index in [0.717, 1.165) is 17.7 Å². The molecule has 0 radical (unpaired) electrons. The number of pyridine rings is 1. The highest BCUT2D eigenvalue weighted by atomic mass is 19.4. The topological polar surface area (TPSA) is 54.0 Å². The summed E-state index contributed by atoms with van der Waals surface area (Å²) in [6.07, 6.45) is -1.16. The summed E-state index contributed by atoms with van der Waals surface area (Å²) in [5, 5.41) is 5.24. The van der Waals surface area contributed by atoms with E-state index in [9.17, 15) is 18.0 Å². The molecule has 0 saturated heterocycles. The number of carbonyl (C=O) groups excluding carboxylic acids is 1. The Hall–Kier alpha value is -2.57. The zero-order chi connectivity index (χ0) is 16.9. The molecule has 2 rings (SSSR count). The van der Waals surface area contributed by atoms with Gasteiger partial charge in [-0.3, -0.25) is 4.98 Å². The van der Waals surface area contributed by atoms with Crippen LogP contribution in [-0.4, -0.2) is 11.0 Å². The average molecular weight is 323 g/mol. The Labute approximate surface area is 131 Å². The lowest BCUT2D eigenvalue weighted by Crippen LogP contribution is -2.36. The summed E-state index contributed by atoms with van der Waals surface area (Å²) in [6.45, 7) is 1.91. The molecule has 1 atom stereocenters. The Bertz CT molecular complexity index is 659. The lowest BCUT2D eigenvalue weighted by Gasteiger charge is -2.16. The number of nitrogens with zero attached hydrogens (tertiary/aromatic N) is 1. The van der Waals surface area contributed by atoms with Gasteiger partial charge in [-0.1, -0.05) is 18.2 Å². The first-order chi connectivity index (χ1) is 10.9. The third-order valence-electron chi connectivity index (χ3n) is 3.24. The minimum absolute atomic E-state index is 0.287. The van der Waals surface area contributed by atoms with Gasteiger partial charge in [-0.05, 0) is 36.2 Å². The lowest BCUT2D eigenvalue weighted by molar-refractivity contribution is -0.137. The van der Waals surface area contributed by atoms with Crippen molar-refractivity contribution in [3.63, 3.8) is 0 Å². The van der Waals surface area contributed by atoms with Crippen LogP contribution in [0.15, 0.2) is 48.8 Å². The first-order valence-electron chi connectivity index (χ1n) is 6.96. The second-order valence-electron chi connectivity index (χ2n) is 5.03. The minimum atomic E-state index is -4.40. The molecule has 23 heavy (non-hydrogen) atoms. The van der Waals surface area contributed by atoms with E-state index in [1.165, 1.54) is 6.07 Å². The highest BCUT2D eigenvalue weighted by molar-refractivity contribution is 5.74. The van der Waals surface area contributed by atoms with Crippen LogP contribution >= 0.6 is 0 Å². The van der Waals surface area contributed by atoms with Gasteiger partial charge in [-0.2, -0.15) is 13.2 Å². The van der Waals surface area contributed by atoms with Gasteiger partial charge in [0.15, 0.2) is 0 Å². The van der Waals surface area contributed by atoms with Crippen molar-refractivity contribution in [2.24, 2.45) is 0 Å². The van der Waals surface area contributed by atoms with Gasteiger partial charge in [0.05, 0.1) is 11.6 Å². The molecule has 1 aromatic carbocycles. The predicted octanol–water partition coefficient (Wildman–Crippen LogP) is 3.66. The van der Waals surface area contributed by atoms with Crippen LogP contribution in [0.2, 0.25) is 0 Å². The van der Waals surface area contributed by atoms with Gasteiger partial charge in [-0.15, -0.1) is 0 Å². The number of urea groups is 1. The molecule has 122 valence electrons. The highest BCUT2D eigenvalue weighted by Crippen LogP contribution is 2.30. The third-order valence-corrected chi connectivity index (χ3v) is 3.24. The first-order valence-corrected chi connectivity index (χ1v) is 6.96. The molecule has 1 heterocycles. The smallest absolute Gasteiger partial charge is 0.334 e. The summed E-state index contributed by atoms with van der Waals surface area (Å²) < 4.78 is 38.1. The fraction of sp³-hybridized carbons (Fsp3) is 0.250. The van der Waals surface area contributed by atoms with E-state index in [4.69, 9.17) is 0 Å². The van der Waals surface area contributed by atoms with Crippen LogP contribution in [0.4, 0.5) is 18.0 Å². The molecule has 2 N–H and O–H groups in total. The Morgan fingerprint density at radius 3 is 2.70 bits per heavy atom. The highest BCUT2D eigenvalue weighted by Gasteiger charge is 2.30. The molecule has 1 unspecified atom stereocenters. The van der Waals surface area contributed by atoms with Crippen LogP contribution < -0.4 is 10.6 Å². The van der Waals surface area contributed by atoms with Gasteiger partial charge in [0.1, 0.15) is 0 Å². The molecule has 2 amide bonds. The van der Waals surface area contributed by atoms with Crippen LogP contribution in [-0.2, 0) is 12.7 Å². The number of alkyl halides is 3. The summed E-state index contributed by atoms with van der Waals surface area (Å²) in [4.78, 5) is 15.7. The molecule has 1 aromatic heterocycles. The zero-order valence-corrected chi connectivity index (χ0v) is 12.4. The molecular weight excluding hydrogens is 307 g/mol. The molecule has 7 heteroatoms. The van der Waals surface area contributed by atoms with Gasteiger partial charge >= 0.3 is 12.2 Å². The van der Waals surface area contributed by atoms with Crippen LogP contribution in [0.3, 0.4) is 0 Å². The van der Waals surface area contributed by atoms with Crippen molar-refractivity contribution in [2.45, 2.75) is 25.7 Å². The molecule has 4 nitrogen and oxygen atoms in total. The lowest BCUT2D eigenvalue weighted by atomic mass is 10.1. The number of nitrogens with one attached hydrogen (secondary N) is 2. The standard InChI is InChI=1S/C16H16F3N3O/c1-11(13-5-2-6-14(8-13)16(17,18)19)22-15(23)21-10-12-4-3-7-20-9-12/h2-9,11H,10H2,1H3,(H2,21,22,23). The summed E-state index contributed by atoms with van der Waals surface area (Å²) in [5.74, 6) is 0. The van der Waals surface area contributed by atoms with Crippen molar-refractivity contribution in [3.05, 3.63) is 65.5 Å². The summed E-state index contributed by atoms with van der Waals surface area (Å²) in [7, 11) is 0. The van der Waals surface area contributed by atoms with E-state index >= 15 is 0 Å². The monoisotopic (exact) mass is 323 g/mol.